The third kappa shape index (κ3) is 2.09. The zero-order valence-corrected chi connectivity index (χ0v) is 9.79. The van der Waals surface area contributed by atoms with Crippen LogP contribution in [0.25, 0.3) is 0 Å². The fourth-order valence-electron chi connectivity index (χ4n) is 2.13. The van der Waals surface area contributed by atoms with Crippen LogP contribution in [0.15, 0.2) is 24.3 Å². The summed E-state index contributed by atoms with van der Waals surface area (Å²) in [6.07, 6.45) is 0.533. The van der Waals surface area contributed by atoms with Crippen molar-refractivity contribution in [2.75, 3.05) is 0 Å². The second-order valence-corrected chi connectivity index (χ2v) is 4.27. The Hall–Kier alpha value is -1.35. The van der Waals surface area contributed by atoms with Gasteiger partial charge >= 0.3 is 0 Å². The minimum Gasteiger partial charge on any atom is -0.348 e. The van der Waals surface area contributed by atoms with Crippen LogP contribution in [0, 0.1) is 0 Å². The SMILES string of the molecule is CCC(=O)NC1c2ccccc2CNC1C. The van der Waals surface area contributed by atoms with Gasteiger partial charge in [-0.1, -0.05) is 31.2 Å². The first-order chi connectivity index (χ1) is 7.72. The summed E-state index contributed by atoms with van der Waals surface area (Å²) in [6, 6.07) is 8.66. The molecule has 0 saturated heterocycles. The average molecular weight is 218 g/mol. The summed E-state index contributed by atoms with van der Waals surface area (Å²) in [4.78, 5) is 11.5. The Morgan fingerprint density at radius 3 is 3.00 bits per heavy atom. The lowest BCUT2D eigenvalue weighted by Gasteiger charge is -2.33. The van der Waals surface area contributed by atoms with Gasteiger partial charge in [0.15, 0.2) is 0 Å². The van der Waals surface area contributed by atoms with E-state index in [4.69, 9.17) is 0 Å². The van der Waals surface area contributed by atoms with Gasteiger partial charge in [-0.3, -0.25) is 4.79 Å². The number of nitrogens with one attached hydrogen (secondary N) is 2. The molecule has 1 amide bonds. The maximum atomic E-state index is 11.5. The van der Waals surface area contributed by atoms with Crippen LogP contribution < -0.4 is 10.6 Å². The highest BCUT2D eigenvalue weighted by atomic mass is 16.1. The monoisotopic (exact) mass is 218 g/mol. The summed E-state index contributed by atoms with van der Waals surface area (Å²) in [5.41, 5.74) is 2.53. The predicted molar refractivity (Wildman–Crippen MR) is 63.9 cm³/mol. The van der Waals surface area contributed by atoms with Crippen molar-refractivity contribution in [1.29, 1.82) is 0 Å². The summed E-state index contributed by atoms with van der Waals surface area (Å²) < 4.78 is 0. The van der Waals surface area contributed by atoms with Crippen molar-refractivity contribution in [3.05, 3.63) is 35.4 Å². The van der Waals surface area contributed by atoms with E-state index in [1.165, 1.54) is 11.1 Å². The number of hydrogen-bond donors (Lipinski definition) is 2. The molecule has 2 atom stereocenters. The number of carbonyl (C=O) groups excluding carboxylic acids is 1. The molecule has 0 aromatic heterocycles. The summed E-state index contributed by atoms with van der Waals surface area (Å²) in [7, 11) is 0. The molecule has 3 nitrogen and oxygen atoms in total. The highest BCUT2D eigenvalue weighted by Crippen LogP contribution is 2.25. The molecule has 2 N–H and O–H groups in total. The van der Waals surface area contributed by atoms with Crippen LogP contribution in [-0.4, -0.2) is 11.9 Å². The van der Waals surface area contributed by atoms with Gasteiger partial charge in [0.1, 0.15) is 0 Å². The molecule has 2 unspecified atom stereocenters. The first kappa shape index (κ1) is 11.1. The molecule has 3 heteroatoms. The van der Waals surface area contributed by atoms with Crippen LogP contribution in [0.1, 0.15) is 37.4 Å². The van der Waals surface area contributed by atoms with Gasteiger partial charge in [-0.05, 0) is 18.1 Å². The zero-order valence-electron chi connectivity index (χ0n) is 9.79. The van der Waals surface area contributed by atoms with E-state index in [2.05, 4.69) is 29.7 Å². The van der Waals surface area contributed by atoms with E-state index in [1.807, 2.05) is 19.1 Å². The van der Waals surface area contributed by atoms with Gasteiger partial charge < -0.3 is 10.6 Å². The third-order valence-electron chi connectivity index (χ3n) is 3.14. The molecule has 1 aliphatic heterocycles. The molecule has 86 valence electrons. The second kappa shape index (κ2) is 4.66. The van der Waals surface area contributed by atoms with Gasteiger partial charge in [0.05, 0.1) is 6.04 Å². The first-order valence-corrected chi connectivity index (χ1v) is 5.83. The third-order valence-corrected chi connectivity index (χ3v) is 3.14. The van der Waals surface area contributed by atoms with E-state index in [-0.39, 0.29) is 18.0 Å². The number of carbonyl (C=O) groups is 1. The van der Waals surface area contributed by atoms with Gasteiger partial charge in [-0.25, -0.2) is 0 Å². The van der Waals surface area contributed by atoms with Gasteiger partial charge in [-0.2, -0.15) is 0 Å². The number of hydrogen-bond acceptors (Lipinski definition) is 2. The maximum Gasteiger partial charge on any atom is 0.220 e. The van der Waals surface area contributed by atoms with Crippen LogP contribution in [0.3, 0.4) is 0 Å². The first-order valence-electron chi connectivity index (χ1n) is 5.83. The van der Waals surface area contributed by atoms with Crippen LogP contribution in [0.2, 0.25) is 0 Å². The van der Waals surface area contributed by atoms with Crippen molar-refractivity contribution in [1.82, 2.24) is 10.6 Å². The predicted octanol–water partition coefficient (Wildman–Crippen LogP) is 1.75. The molecular formula is C13H18N2O. The highest BCUT2D eigenvalue weighted by Gasteiger charge is 2.26. The number of benzene rings is 1. The molecule has 1 aliphatic rings. The topological polar surface area (TPSA) is 41.1 Å². The van der Waals surface area contributed by atoms with Crippen molar-refractivity contribution >= 4 is 5.91 Å². The summed E-state index contributed by atoms with van der Waals surface area (Å²) in [5, 5.41) is 6.48. The molecular weight excluding hydrogens is 200 g/mol. The van der Waals surface area contributed by atoms with E-state index in [0.717, 1.165) is 6.54 Å². The molecule has 1 aromatic carbocycles. The molecule has 0 spiro atoms. The number of rotatable bonds is 2. The summed E-state index contributed by atoms with van der Waals surface area (Å²) in [5.74, 6) is 0.107. The second-order valence-electron chi connectivity index (χ2n) is 4.27. The Morgan fingerprint density at radius 1 is 1.50 bits per heavy atom. The molecule has 0 fully saturated rings. The summed E-state index contributed by atoms with van der Waals surface area (Å²) >= 11 is 0. The van der Waals surface area contributed by atoms with Crippen molar-refractivity contribution in [2.24, 2.45) is 0 Å². The molecule has 1 aromatic rings. The van der Waals surface area contributed by atoms with Crippen LogP contribution in [0.4, 0.5) is 0 Å². The van der Waals surface area contributed by atoms with E-state index >= 15 is 0 Å². The molecule has 2 rings (SSSR count). The van der Waals surface area contributed by atoms with Crippen molar-refractivity contribution < 1.29 is 4.79 Å². The lowest BCUT2D eigenvalue weighted by Crippen LogP contribution is -2.45. The zero-order chi connectivity index (χ0) is 11.5. The Morgan fingerprint density at radius 2 is 2.25 bits per heavy atom. The molecule has 16 heavy (non-hydrogen) atoms. The van der Waals surface area contributed by atoms with E-state index in [0.29, 0.717) is 6.42 Å². The molecule has 0 aliphatic carbocycles. The van der Waals surface area contributed by atoms with Crippen molar-refractivity contribution in [3.8, 4) is 0 Å². The van der Waals surface area contributed by atoms with Crippen molar-refractivity contribution in [3.63, 3.8) is 0 Å². The largest absolute Gasteiger partial charge is 0.348 e. The van der Waals surface area contributed by atoms with Crippen LogP contribution in [-0.2, 0) is 11.3 Å². The van der Waals surface area contributed by atoms with Gasteiger partial charge in [-0.15, -0.1) is 0 Å². The standard InChI is InChI=1S/C13H18N2O/c1-3-12(16)15-13-9(2)14-8-10-6-4-5-7-11(10)13/h4-7,9,13-14H,3,8H2,1-2H3,(H,15,16). The molecule has 1 heterocycles. The van der Waals surface area contributed by atoms with Crippen molar-refractivity contribution in [2.45, 2.75) is 38.9 Å². The Kier molecular flexibility index (Phi) is 3.25. The van der Waals surface area contributed by atoms with Crippen LogP contribution in [0.5, 0.6) is 0 Å². The van der Waals surface area contributed by atoms with E-state index < -0.39 is 0 Å². The Balaban J connectivity index is 2.26. The smallest absolute Gasteiger partial charge is 0.220 e. The number of amides is 1. The average Bonchev–Trinajstić information content (AvgIpc) is 2.32. The normalized spacial score (nSPS) is 23.6. The summed E-state index contributed by atoms with van der Waals surface area (Å²) in [6.45, 7) is 4.87. The lowest BCUT2D eigenvalue weighted by molar-refractivity contribution is -0.121. The maximum absolute atomic E-state index is 11.5. The molecule has 0 bridgehead atoms. The van der Waals surface area contributed by atoms with Gasteiger partial charge in [0.2, 0.25) is 5.91 Å². The van der Waals surface area contributed by atoms with Gasteiger partial charge in [0, 0.05) is 19.0 Å². The quantitative estimate of drug-likeness (QED) is 0.794. The van der Waals surface area contributed by atoms with E-state index in [9.17, 15) is 4.79 Å². The van der Waals surface area contributed by atoms with Gasteiger partial charge in [0.25, 0.3) is 0 Å². The minimum atomic E-state index is 0.0948. The van der Waals surface area contributed by atoms with E-state index in [1.54, 1.807) is 0 Å². The fraction of sp³-hybridized carbons (Fsp3) is 0.462. The van der Waals surface area contributed by atoms with Crippen LogP contribution >= 0.6 is 0 Å². The minimum absolute atomic E-state index is 0.0948. The molecule has 0 saturated carbocycles. The Labute approximate surface area is 96.2 Å². The number of fused-ring (bicyclic) bond motifs is 1. The molecule has 0 radical (unpaired) electrons. The fourth-order valence-corrected chi connectivity index (χ4v) is 2.13. The lowest BCUT2D eigenvalue weighted by atomic mass is 9.91. The Bertz CT molecular complexity index is 389. The highest BCUT2D eigenvalue weighted by molar-refractivity contribution is 5.76.